The highest BCUT2D eigenvalue weighted by atomic mass is 32.2. The Hall–Kier alpha value is -4.07. The van der Waals surface area contributed by atoms with E-state index in [4.69, 9.17) is 14.2 Å². The van der Waals surface area contributed by atoms with Gasteiger partial charge in [0.25, 0.3) is 0 Å². The van der Waals surface area contributed by atoms with Gasteiger partial charge in [-0.25, -0.2) is 0 Å². The van der Waals surface area contributed by atoms with Gasteiger partial charge in [0.1, 0.15) is 18.1 Å². The van der Waals surface area contributed by atoms with Crippen LogP contribution in [0.1, 0.15) is 38.7 Å². The van der Waals surface area contributed by atoms with E-state index in [9.17, 15) is 4.79 Å². The zero-order valence-electron chi connectivity index (χ0n) is 25.3. The number of ether oxygens (including phenoxy) is 3. The summed E-state index contributed by atoms with van der Waals surface area (Å²) in [6.45, 7) is 6.12. The number of rotatable bonds is 18. The van der Waals surface area contributed by atoms with Gasteiger partial charge in [0, 0.05) is 47.0 Å². The summed E-state index contributed by atoms with van der Waals surface area (Å²) in [7, 11) is 1.62. The zero-order valence-corrected chi connectivity index (χ0v) is 26.1. The van der Waals surface area contributed by atoms with Crippen LogP contribution in [0.2, 0.25) is 0 Å². The van der Waals surface area contributed by atoms with E-state index >= 15 is 0 Å². The fraction of sp³-hybridized carbons (Fsp3) is 0.278. The molecule has 1 N–H and O–H groups in total. The zero-order chi connectivity index (χ0) is 30.5. The summed E-state index contributed by atoms with van der Waals surface area (Å²) in [5, 5.41) is 2.92. The number of carbonyl (C=O) groups is 1. The molecule has 0 saturated heterocycles. The van der Waals surface area contributed by atoms with Crippen LogP contribution in [-0.4, -0.2) is 44.8 Å². The molecule has 0 saturated carbocycles. The standard InChI is InChI=1S/C36H42N2O4S/c1-4-6-8-22-37-23-9-27-43-34-18-14-32(15-19-34)38-36(39)21-13-31-28-30(12-20-35(31)40-3)29-10-16-33(17-11-29)42-26-25-41-24-7-5-2/h6,8-23,28H,4-5,7,24-27H2,1-3H3,(H,38,39)/b8-6+,21-13+,23-9+,37-22-. The predicted molar refractivity (Wildman–Crippen MR) is 182 cm³/mol. The molecule has 3 aromatic carbocycles. The molecule has 0 bridgehead atoms. The Morgan fingerprint density at radius 1 is 0.930 bits per heavy atom. The summed E-state index contributed by atoms with van der Waals surface area (Å²) in [6, 6.07) is 21.7. The normalized spacial score (nSPS) is 11.7. The van der Waals surface area contributed by atoms with E-state index in [1.807, 2.05) is 78.9 Å². The maximum Gasteiger partial charge on any atom is 0.248 e. The van der Waals surface area contributed by atoms with Crippen molar-refractivity contribution in [2.45, 2.75) is 38.0 Å². The minimum absolute atomic E-state index is 0.217. The van der Waals surface area contributed by atoms with Gasteiger partial charge < -0.3 is 19.5 Å². The molecule has 0 aliphatic carbocycles. The number of hydrogen-bond acceptors (Lipinski definition) is 6. The van der Waals surface area contributed by atoms with Gasteiger partial charge in [-0.15, -0.1) is 11.8 Å². The van der Waals surface area contributed by atoms with Gasteiger partial charge >= 0.3 is 0 Å². The molecule has 0 aromatic heterocycles. The minimum Gasteiger partial charge on any atom is -0.496 e. The molecule has 7 heteroatoms. The molecule has 3 aromatic rings. The van der Waals surface area contributed by atoms with Gasteiger partial charge in [0.2, 0.25) is 5.91 Å². The van der Waals surface area contributed by atoms with Crippen LogP contribution in [0.4, 0.5) is 5.69 Å². The average Bonchev–Trinajstić information content (AvgIpc) is 3.04. The van der Waals surface area contributed by atoms with Crippen molar-refractivity contribution < 1.29 is 19.0 Å². The van der Waals surface area contributed by atoms with Crippen LogP contribution < -0.4 is 14.8 Å². The van der Waals surface area contributed by atoms with Crippen molar-refractivity contribution in [3.8, 4) is 22.6 Å². The molecule has 0 atom stereocenters. The third-order valence-corrected chi connectivity index (χ3v) is 7.14. The summed E-state index contributed by atoms with van der Waals surface area (Å²) < 4.78 is 16.9. The Bertz CT molecular complexity index is 1360. The Labute approximate surface area is 260 Å². The van der Waals surface area contributed by atoms with Gasteiger partial charge in [-0.2, -0.15) is 0 Å². The van der Waals surface area contributed by atoms with E-state index in [1.54, 1.807) is 37.4 Å². The van der Waals surface area contributed by atoms with Crippen LogP contribution in [0.25, 0.3) is 17.2 Å². The van der Waals surface area contributed by atoms with E-state index in [2.05, 4.69) is 30.2 Å². The Balaban J connectivity index is 1.52. The third kappa shape index (κ3) is 12.8. The Morgan fingerprint density at radius 3 is 2.47 bits per heavy atom. The smallest absolute Gasteiger partial charge is 0.248 e. The number of carbonyl (C=O) groups excluding carboxylic acids is 1. The molecule has 43 heavy (non-hydrogen) atoms. The van der Waals surface area contributed by atoms with Crippen molar-refractivity contribution in [2.75, 3.05) is 38.0 Å². The first kappa shape index (κ1) is 33.4. The molecule has 0 aliphatic heterocycles. The first-order chi connectivity index (χ1) is 21.1. The number of nitrogens with zero attached hydrogens (tertiary/aromatic N) is 1. The van der Waals surface area contributed by atoms with Crippen molar-refractivity contribution in [2.24, 2.45) is 4.99 Å². The lowest BCUT2D eigenvalue weighted by Gasteiger charge is -2.10. The molecule has 1 amide bonds. The molecule has 0 heterocycles. The van der Waals surface area contributed by atoms with Crippen molar-refractivity contribution in [3.63, 3.8) is 0 Å². The summed E-state index contributed by atoms with van der Waals surface area (Å²) in [5.74, 6) is 2.09. The molecule has 0 radical (unpaired) electrons. The number of methoxy groups -OCH3 is 1. The number of anilines is 1. The molecule has 0 aliphatic rings. The highest BCUT2D eigenvalue weighted by molar-refractivity contribution is 7.99. The molecular weight excluding hydrogens is 556 g/mol. The lowest BCUT2D eigenvalue weighted by molar-refractivity contribution is -0.111. The maximum atomic E-state index is 12.7. The highest BCUT2D eigenvalue weighted by Crippen LogP contribution is 2.29. The molecule has 0 unspecified atom stereocenters. The molecular formula is C36H42N2O4S. The number of hydrogen-bond donors (Lipinski definition) is 1. The van der Waals surface area contributed by atoms with Crippen LogP contribution in [-0.2, 0) is 9.53 Å². The van der Waals surface area contributed by atoms with Gasteiger partial charge in [0.05, 0.1) is 13.7 Å². The van der Waals surface area contributed by atoms with Crippen LogP contribution >= 0.6 is 11.8 Å². The second-order valence-electron chi connectivity index (χ2n) is 9.47. The predicted octanol–water partition coefficient (Wildman–Crippen LogP) is 8.85. The van der Waals surface area contributed by atoms with Crippen molar-refractivity contribution in [3.05, 3.63) is 103 Å². The van der Waals surface area contributed by atoms with Crippen molar-refractivity contribution >= 4 is 35.6 Å². The first-order valence-electron chi connectivity index (χ1n) is 14.7. The number of thioether (sulfide) groups is 1. The number of nitrogens with one attached hydrogen (secondary N) is 1. The summed E-state index contributed by atoms with van der Waals surface area (Å²) in [6.07, 6.45) is 16.1. The Kier molecular flexibility index (Phi) is 15.5. The molecule has 6 nitrogen and oxygen atoms in total. The average molecular weight is 599 g/mol. The van der Waals surface area contributed by atoms with Crippen molar-refractivity contribution in [1.29, 1.82) is 0 Å². The van der Waals surface area contributed by atoms with Crippen molar-refractivity contribution in [1.82, 2.24) is 0 Å². The van der Waals surface area contributed by atoms with Crippen LogP contribution in [0.5, 0.6) is 11.5 Å². The van der Waals surface area contributed by atoms with Crippen LogP contribution in [0, 0.1) is 0 Å². The Morgan fingerprint density at radius 2 is 1.72 bits per heavy atom. The summed E-state index contributed by atoms with van der Waals surface area (Å²) >= 11 is 1.70. The number of aliphatic imine (C=N–C) groups is 1. The van der Waals surface area contributed by atoms with E-state index in [0.29, 0.717) is 19.0 Å². The second-order valence-corrected chi connectivity index (χ2v) is 10.6. The van der Waals surface area contributed by atoms with Gasteiger partial charge in [-0.3, -0.25) is 9.79 Å². The van der Waals surface area contributed by atoms with Gasteiger partial charge in [0.15, 0.2) is 0 Å². The highest BCUT2D eigenvalue weighted by Gasteiger charge is 2.06. The molecule has 0 spiro atoms. The monoisotopic (exact) mass is 598 g/mol. The fourth-order valence-electron chi connectivity index (χ4n) is 3.88. The van der Waals surface area contributed by atoms with Gasteiger partial charge in [-0.05, 0) is 84.7 Å². The minimum atomic E-state index is -0.217. The fourth-order valence-corrected chi connectivity index (χ4v) is 4.59. The molecule has 3 rings (SSSR count). The number of unbranched alkanes of at least 4 members (excludes halogenated alkanes) is 1. The summed E-state index contributed by atoms with van der Waals surface area (Å²) in [4.78, 5) is 18.0. The first-order valence-corrected chi connectivity index (χ1v) is 15.7. The number of benzene rings is 3. The molecule has 226 valence electrons. The van der Waals surface area contributed by atoms with E-state index in [1.165, 1.54) is 6.08 Å². The second kappa shape index (κ2) is 19.9. The SMILES string of the molecule is CC/C=C/C=N\C=C\CSc1ccc(NC(=O)/C=C/c2cc(-c3ccc(OCCOCCCC)cc3)ccc2OC)cc1. The lowest BCUT2D eigenvalue weighted by Crippen LogP contribution is -2.07. The van der Waals surface area contributed by atoms with Gasteiger partial charge in [-0.1, -0.05) is 50.6 Å². The topological polar surface area (TPSA) is 69.2 Å². The quantitative estimate of drug-likeness (QED) is 0.0686. The van der Waals surface area contributed by atoms with E-state index in [-0.39, 0.29) is 5.91 Å². The van der Waals surface area contributed by atoms with Crippen LogP contribution in [0.3, 0.4) is 0 Å². The third-order valence-electron chi connectivity index (χ3n) is 6.17. The lowest BCUT2D eigenvalue weighted by atomic mass is 10.0. The molecule has 0 fully saturated rings. The van der Waals surface area contributed by atoms with Crippen LogP contribution in [0.15, 0.2) is 107 Å². The maximum absolute atomic E-state index is 12.7. The number of allylic oxidation sites excluding steroid dienone is 2. The summed E-state index contributed by atoms with van der Waals surface area (Å²) in [5.41, 5.74) is 3.60. The van der Waals surface area contributed by atoms with E-state index < -0.39 is 0 Å². The number of amides is 1. The van der Waals surface area contributed by atoms with E-state index in [0.717, 1.165) is 64.6 Å². The largest absolute Gasteiger partial charge is 0.496 e.